The van der Waals surface area contributed by atoms with Gasteiger partial charge in [0.05, 0.1) is 19.1 Å². The normalized spacial score (nSPS) is 14.5. The van der Waals surface area contributed by atoms with Gasteiger partial charge in [-0.2, -0.15) is 0 Å². The molecule has 0 aromatic rings. The van der Waals surface area contributed by atoms with E-state index in [1.165, 1.54) is 0 Å². The Bertz CT molecular complexity index is 180. The van der Waals surface area contributed by atoms with E-state index in [9.17, 15) is 9.90 Å². The maximum absolute atomic E-state index is 11.3. The lowest BCUT2D eigenvalue weighted by atomic mass is 9.91. The predicted octanol–water partition coefficient (Wildman–Crippen LogP) is 2.91. The first-order valence-electron chi connectivity index (χ1n) is 6.49. The zero-order chi connectivity index (χ0) is 12.4. The first kappa shape index (κ1) is 15.4. The fraction of sp³-hybridized carbons (Fsp3) is 0.923. The van der Waals surface area contributed by atoms with Crippen molar-refractivity contribution in [3.63, 3.8) is 0 Å². The van der Waals surface area contributed by atoms with Crippen LogP contribution in [0.25, 0.3) is 0 Å². The molecule has 3 nitrogen and oxygen atoms in total. The number of unbranched alkanes of at least 4 members (excludes halogenated alkanes) is 1. The minimum Gasteiger partial charge on any atom is -0.466 e. The highest BCUT2D eigenvalue weighted by Crippen LogP contribution is 2.19. The highest BCUT2D eigenvalue weighted by atomic mass is 16.5. The van der Waals surface area contributed by atoms with Gasteiger partial charge in [0.1, 0.15) is 0 Å². The summed E-state index contributed by atoms with van der Waals surface area (Å²) in [6, 6.07) is 0. The van der Waals surface area contributed by atoms with Gasteiger partial charge in [0, 0.05) is 0 Å². The van der Waals surface area contributed by atoms with E-state index < -0.39 is 6.10 Å². The molecule has 0 aliphatic heterocycles. The number of hydrogen-bond donors (Lipinski definition) is 1. The smallest absolute Gasteiger partial charge is 0.308 e. The van der Waals surface area contributed by atoms with E-state index in [0.29, 0.717) is 6.61 Å². The minimum atomic E-state index is -0.541. The number of rotatable bonds is 9. The Labute approximate surface area is 99.2 Å². The summed E-state index contributed by atoms with van der Waals surface area (Å²) in [4.78, 5) is 11.3. The van der Waals surface area contributed by atoms with E-state index in [4.69, 9.17) is 4.74 Å². The molecule has 2 atom stereocenters. The van der Waals surface area contributed by atoms with Crippen LogP contribution < -0.4 is 0 Å². The van der Waals surface area contributed by atoms with Crippen molar-refractivity contribution in [3.05, 3.63) is 0 Å². The molecule has 0 radical (unpaired) electrons. The minimum absolute atomic E-state index is 0.141. The van der Waals surface area contributed by atoms with E-state index in [2.05, 4.69) is 13.8 Å². The van der Waals surface area contributed by atoms with Crippen molar-refractivity contribution in [2.45, 2.75) is 65.4 Å². The molecule has 96 valence electrons. The summed E-state index contributed by atoms with van der Waals surface area (Å²) in [7, 11) is 0. The van der Waals surface area contributed by atoms with Gasteiger partial charge < -0.3 is 9.84 Å². The van der Waals surface area contributed by atoms with E-state index in [1.54, 1.807) is 0 Å². The number of aliphatic hydroxyl groups is 1. The van der Waals surface area contributed by atoms with Crippen LogP contribution in [0.4, 0.5) is 0 Å². The van der Waals surface area contributed by atoms with Gasteiger partial charge in [0.2, 0.25) is 0 Å². The van der Waals surface area contributed by atoms with E-state index in [0.717, 1.165) is 32.1 Å². The Hall–Kier alpha value is -0.570. The average molecular weight is 230 g/mol. The Balaban J connectivity index is 3.89. The summed E-state index contributed by atoms with van der Waals surface area (Å²) in [6.45, 7) is 6.60. The molecule has 0 heterocycles. The summed E-state index contributed by atoms with van der Waals surface area (Å²) in [5.74, 6) is -0.0431. The molecule has 16 heavy (non-hydrogen) atoms. The lowest BCUT2D eigenvalue weighted by molar-refractivity contribution is -0.146. The number of carbonyl (C=O) groups excluding carboxylic acids is 1. The predicted molar refractivity (Wildman–Crippen MR) is 65.2 cm³/mol. The van der Waals surface area contributed by atoms with Crippen LogP contribution in [0.5, 0.6) is 0 Å². The van der Waals surface area contributed by atoms with Crippen LogP contribution >= 0.6 is 0 Å². The van der Waals surface area contributed by atoms with Gasteiger partial charge in [0.25, 0.3) is 0 Å². The quantitative estimate of drug-likeness (QED) is 0.619. The SMILES string of the molecule is CCCC[C@@H](CC)[C@H](O)CC(=O)OCCC. The molecular formula is C13H26O3. The summed E-state index contributed by atoms with van der Waals surface area (Å²) in [5, 5.41) is 9.90. The monoisotopic (exact) mass is 230 g/mol. The molecule has 0 aliphatic rings. The average Bonchev–Trinajstić information content (AvgIpc) is 2.27. The van der Waals surface area contributed by atoms with E-state index in [1.807, 2.05) is 6.92 Å². The van der Waals surface area contributed by atoms with Crippen LogP contribution in [0.15, 0.2) is 0 Å². The molecule has 0 unspecified atom stereocenters. The Morgan fingerprint density at radius 2 is 1.94 bits per heavy atom. The molecular weight excluding hydrogens is 204 g/mol. The fourth-order valence-electron chi connectivity index (χ4n) is 1.75. The molecule has 0 fully saturated rings. The number of carbonyl (C=O) groups is 1. The molecule has 1 N–H and O–H groups in total. The number of hydrogen-bond acceptors (Lipinski definition) is 3. The second-order valence-corrected chi connectivity index (χ2v) is 4.30. The third-order valence-corrected chi connectivity index (χ3v) is 2.84. The van der Waals surface area contributed by atoms with Crippen LogP contribution in [-0.4, -0.2) is 23.8 Å². The molecule has 0 aliphatic carbocycles. The molecule has 0 bridgehead atoms. The van der Waals surface area contributed by atoms with Gasteiger partial charge in [-0.25, -0.2) is 0 Å². The van der Waals surface area contributed by atoms with Gasteiger partial charge in [-0.15, -0.1) is 0 Å². The van der Waals surface area contributed by atoms with E-state index >= 15 is 0 Å². The molecule has 0 saturated heterocycles. The summed E-state index contributed by atoms with van der Waals surface area (Å²) < 4.78 is 4.96. The fourth-order valence-corrected chi connectivity index (χ4v) is 1.75. The topological polar surface area (TPSA) is 46.5 Å². The molecule has 0 aromatic carbocycles. The molecule has 0 rings (SSSR count). The first-order chi connectivity index (χ1) is 7.65. The molecule has 0 saturated carbocycles. The van der Waals surface area contributed by atoms with Gasteiger partial charge in [-0.05, 0) is 18.8 Å². The highest BCUT2D eigenvalue weighted by molar-refractivity contribution is 5.69. The van der Waals surface area contributed by atoms with Gasteiger partial charge in [0.15, 0.2) is 0 Å². The molecule has 3 heteroatoms. The zero-order valence-electron chi connectivity index (χ0n) is 10.9. The van der Waals surface area contributed by atoms with Crippen molar-refractivity contribution in [2.75, 3.05) is 6.61 Å². The van der Waals surface area contributed by atoms with Crippen molar-refractivity contribution >= 4 is 5.97 Å². The largest absolute Gasteiger partial charge is 0.466 e. The Kier molecular flexibility index (Phi) is 9.30. The third kappa shape index (κ3) is 6.83. The summed E-state index contributed by atoms with van der Waals surface area (Å²) in [5.41, 5.74) is 0. The van der Waals surface area contributed by atoms with E-state index in [-0.39, 0.29) is 18.3 Å². The third-order valence-electron chi connectivity index (χ3n) is 2.84. The summed E-state index contributed by atoms with van der Waals surface area (Å²) >= 11 is 0. The van der Waals surface area contributed by atoms with Crippen molar-refractivity contribution in [1.82, 2.24) is 0 Å². The van der Waals surface area contributed by atoms with Crippen LogP contribution in [0.3, 0.4) is 0 Å². The van der Waals surface area contributed by atoms with Crippen LogP contribution in [0.1, 0.15) is 59.3 Å². The highest BCUT2D eigenvalue weighted by Gasteiger charge is 2.20. The van der Waals surface area contributed by atoms with Crippen LogP contribution in [-0.2, 0) is 9.53 Å². The van der Waals surface area contributed by atoms with Gasteiger partial charge in [-0.1, -0.05) is 40.0 Å². The maximum Gasteiger partial charge on any atom is 0.308 e. The number of esters is 1. The second kappa shape index (κ2) is 9.64. The standard InChI is InChI=1S/C13H26O3/c1-4-7-8-11(6-3)12(14)10-13(15)16-9-5-2/h11-12,14H,4-10H2,1-3H3/t11-,12-/m1/s1. The number of ether oxygens (including phenoxy) is 1. The molecule has 0 spiro atoms. The van der Waals surface area contributed by atoms with Crippen LogP contribution in [0, 0.1) is 5.92 Å². The lowest BCUT2D eigenvalue weighted by Crippen LogP contribution is -2.24. The first-order valence-corrected chi connectivity index (χ1v) is 6.49. The van der Waals surface area contributed by atoms with Crippen molar-refractivity contribution in [2.24, 2.45) is 5.92 Å². The lowest BCUT2D eigenvalue weighted by Gasteiger charge is -2.20. The zero-order valence-corrected chi connectivity index (χ0v) is 10.9. The Morgan fingerprint density at radius 1 is 1.25 bits per heavy atom. The van der Waals surface area contributed by atoms with Crippen molar-refractivity contribution in [3.8, 4) is 0 Å². The Morgan fingerprint density at radius 3 is 2.44 bits per heavy atom. The summed E-state index contributed by atoms with van der Waals surface area (Å²) in [6.07, 6.45) is 4.58. The van der Waals surface area contributed by atoms with Crippen molar-refractivity contribution in [1.29, 1.82) is 0 Å². The number of aliphatic hydroxyl groups excluding tert-OH is 1. The van der Waals surface area contributed by atoms with Crippen LogP contribution in [0.2, 0.25) is 0 Å². The van der Waals surface area contributed by atoms with Crippen molar-refractivity contribution < 1.29 is 14.6 Å². The second-order valence-electron chi connectivity index (χ2n) is 4.30. The van der Waals surface area contributed by atoms with Gasteiger partial charge >= 0.3 is 5.97 Å². The maximum atomic E-state index is 11.3. The molecule has 0 aromatic heterocycles. The van der Waals surface area contributed by atoms with Gasteiger partial charge in [-0.3, -0.25) is 4.79 Å². The molecule has 0 amide bonds.